The molecule has 0 amide bonds. The lowest BCUT2D eigenvalue weighted by Gasteiger charge is -1.99. The highest BCUT2D eigenvalue weighted by atomic mass is 35.7. The summed E-state index contributed by atoms with van der Waals surface area (Å²) in [5, 5.41) is 1.50. The van der Waals surface area contributed by atoms with E-state index in [9.17, 15) is 13.2 Å². The predicted octanol–water partition coefficient (Wildman–Crippen LogP) is 3.22. The molecule has 1 heterocycles. The third-order valence-corrected chi connectivity index (χ3v) is 5.40. The molecule has 0 bridgehead atoms. The fourth-order valence-corrected chi connectivity index (χ4v) is 3.46. The first-order chi connectivity index (χ1) is 8.38. The van der Waals surface area contributed by atoms with E-state index in [4.69, 9.17) is 10.7 Å². The van der Waals surface area contributed by atoms with E-state index in [-0.39, 0.29) is 9.99 Å². The second kappa shape index (κ2) is 4.84. The number of halogens is 1. The number of hydrogen-bond donors (Lipinski definition) is 0. The van der Waals surface area contributed by atoms with Crippen molar-refractivity contribution < 1.29 is 13.2 Å². The van der Waals surface area contributed by atoms with Crippen LogP contribution in [0.15, 0.2) is 39.9 Å². The van der Waals surface area contributed by atoms with Crippen LogP contribution >= 0.6 is 22.0 Å². The second-order valence-electron chi connectivity index (χ2n) is 3.79. The molecule has 94 valence electrons. The first-order valence-corrected chi connectivity index (χ1v) is 8.21. The number of hydrogen-bond acceptors (Lipinski definition) is 4. The van der Waals surface area contributed by atoms with Gasteiger partial charge < -0.3 is 0 Å². The average molecular weight is 301 g/mol. The monoisotopic (exact) mass is 300 g/mol. The molecule has 0 N–H and O–H groups in total. The Morgan fingerprint density at radius 3 is 2.50 bits per heavy atom. The zero-order valence-corrected chi connectivity index (χ0v) is 11.8. The summed E-state index contributed by atoms with van der Waals surface area (Å²) in [7, 11) is 1.45. The molecule has 0 aliphatic carbocycles. The average Bonchev–Trinajstić information content (AvgIpc) is 2.77. The standard InChI is InChI=1S/C12H9ClO3S2/c1-8-3-2-4-9(5-8)12(14)10-6-11(17-7-10)18(13,15)16/h2-7H,1H3. The summed E-state index contributed by atoms with van der Waals surface area (Å²) in [4.78, 5) is 12.1. The van der Waals surface area contributed by atoms with Crippen LogP contribution in [0.2, 0.25) is 0 Å². The van der Waals surface area contributed by atoms with Crippen molar-refractivity contribution in [1.29, 1.82) is 0 Å². The predicted molar refractivity (Wildman–Crippen MR) is 72.0 cm³/mol. The molecule has 0 spiro atoms. The van der Waals surface area contributed by atoms with Crippen LogP contribution < -0.4 is 0 Å². The first kappa shape index (κ1) is 13.3. The van der Waals surface area contributed by atoms with E-state index >= 15 is 0 Å². The van der Waals surface area contributed by atoms with Gasteiger partial charge in [0.2, 0.25) is 0 Å². The number of thiophene rings is 1. The van der Waals surface area contributed by atoms with Gasteiger partial charge in [-0.15, -0.1) is 11.3 Å². The number of rotatable bonds is 3. The van der Waals surface area contributed by atoms with Gasteiger partial charge in [0.05, 0.1) is 0 Å². The van der Waals surface area contributed by atoms with E-state index in [0.717, 1.165) is 16.9 Å². The molecule has 3 nitrogen and oxygen atoms in total. The van der Waals surface area contributed by atoms with Gasteiger partial charge in [0.25, 0.3) is 9.05 Å². The maximum absolute atomic E-state index is 12.1. The largest absolute Gasteiger partial charge is 0.289 e. The van der Waals surface area contributed by atoms with Crippen molar-refractivity contribution in [1.82, 2.24) is 0 Å². The van der Waals surface area contributed by atoms with Crippen molar-refractivity contribution in [2.24, 2.45) is 0 Å². The number of aryl methyl sites for hydroxylation is 1. The molecule has 0 atom stereocenters. The lowest BCUT2D eigenvalue weighted by atomic mass is 10.0. The Bertz CT molecular complexity index is 702. The Morgan fingerprint density at radius 2 is 1.94 bits per heavy atom. The maximum atomic E-state index is 12.1. The normalized spacial score (nSPS) is 11.4. The summed E-state index contributed by atoms with van der Waals surface area (Å²) >= 11 is 0.943. The molecular formula is C12H9ClO3S2. The quantitative estimate of drug-likeness (QED) is 0.646. The summed E-state index contributed by atoms with van der Waals surface area (Å²) in [5.74, 6) is -0.207. The third-order valence-electron chi connectivity index (χ3n) is 2.36. The molecular weight excluding hydrogens is 292 g/mol. The van der Waals surface area contributed by atoms with E-state index in [2.05, 4.69) is 0 Å². The minimum Gasteiger partial charge on any atom is -0.289 e. The maximum Gasteiger partial charge on any atom is 0.270 e. The van der Waals surface area contributed by atoms with Crippen LogP contribution in [0.1, 0.15) is 21.5 Å². The molecule has 2 rings (SSSR count). The SMILES string of the molecule is Cc1cccc(C(=O)c2csc(S(=O)(=O)Cl)c2)c1. The minimum absolute atomic E-state index is 0.0137. The molecule has 18 heavy (non-hydrogen) atoms. The summed E-state index contributed by atoms with van der Waals surface area (Å²) in [6, 6.07) is 8.43. The molecule has 0 aliphatic rings. The molecule has 1 aromatic heterocycles. The summed E-state index contributed by atoms with van der Waals surface area (Å²) in [6.07, 6.45) is 0. The molecule has 2 aromatic rings. The van der Waals surface area contributed by atoms with Crippen LogP contribution in [0, 0.1) is 6.92 Å². The fraction of sp³-hybridized carbons (Fsp3) is 0.0833. The van der Waals surface area contributed by atoms with Gasteiger partial charge in [-0.05, 0) is 19.1 Å². The molecule has 0 aliphatic heterocycles. The Hall–Kier alpha value is -1.17. The van der Waals surface area contributed by atoms with Crippen LogP contribution in [0.4, 0.5) is 0 Å². The van der Waals surface area contributed by atoms with Crippen LogP contribution in [-0.2, 0) is 9.05 Å². The summed E-state index contributed by atoms with van der Waals surface area (Å²) in [5.41, 5.74) is 1.84. The van der Waals surface area contributed by atoms with Crippen molar-refractivity contribution in [3.05, 3.63) is 52.4 Å². The zero-order chi connectivity index (χ0) is 13.3. The number of carbonyl (C=O) groups is 1. The van der Waals surface area contributed by atoms with Crippen molar-refractivity contribution in [3.8, 4) is 0 Å². The van der Waals surface area contributed by atoms with E-state index in [1.54, 1.807) is 18.2 Å². The lowest BCUT2D eigenvalue weighted by Crippen LogP contribution is -1.99. The van der Waals surface area contributed by atoms with Gasteiger partial charge in [0.15, 0.2) is 5.78 Å². The van der Waals surface area contributed by atoms with Crippen LogP contribution in [0.3, 0.4) is 0 Å². The molecule has 1 aromatic carbocycles. The van der Waals surface area contributed by atoms with Crippen molar-refractivity contribution in [3.63, 3.8) is 0 Å². The van der Waals surface area contributed by atoms with E-state index in [1.165, 1.54) is 11.4 Å². The van der Waals surface area contributed by atoms with Crippen LogP contribution in [-0.4, -0.2) is 14.2 Å². The zero-order valence-electron chi connectivity index (χ0n) is 9.38. The number of carbonyl (C=O) groups excluding carboxylic acids is 1. The Kier molecular flexibility index (Phi) is 3.56. The van der Waals surface area contributed by atoms with Crippen LogP contribution in [0.5, 0.6) is 0 Å². The molecule has 0 radical (unpaired) electrons. The van der Waals surface area contributed by atoms with E-state index in [1.807, 2.05) is 13.0 Å². The summed E-state index contributed by atoms with van der Waals surface area (Å²) < 4.78 is 22.2. The minimum atomic E-state index is -3.77. The summed E-state index contributed by atoms with van der Waals surface area (Å²) in [6.45, 7) is 1.89. The van der Waals surface area contributed by atoms with Gasteiger partial charge in [0.1, 0.15) is 4.21 Å². The topological polar surface area (TPSA) is 51.2 Å². The molecule has 0 saturated heterocycles. The number of benzene rings is 1. The molecule has 6 heteroatoms. The van der Waals surface area contributed by atoms with E-state index in [0.29, 0.717) is 11.1 Å². The molecule has 0 unspecified atom stereocenters. The van der Waals surface area contributed by atoms with Crippen molar-refractivity contribution in [2.45, 2.75) is 11.1 Å². The first-order valence-electron chi connectivity index (χ1n) is 5.02. The van der Waals surface area contributed by atoms with Crippen LogP contribution in [0.25, 0.3) is 0 Å². The smallest absolute Gasteiger partial charge is 0.270 e. The lowest BCUT2D eigenvalue weighted by molar-refractivity contribution is 0.103. The van der Waals surface area contributed by atoms with Crippen molar-refractivity contribution >= 4 is 36.9 Å². The fourth-order valence-electron chi connectivity index (χ4n) is 1.52. The highest BCUT2D eigenvalue weighted by Gasteiger charge is 2.17. The van der Waals surface area contributed by atoms with Gasteiger partial charge in [0, 0.05) is 27.2 Å². The van der Waals surface area contributed by atoms with Gasteiger partial charge in [-0.3, -0.25) is 4.79 Å². The van der Waals surface area contributed by atoms with Gasteiger partial charge >= 0.3 is 0 Å². The molecule has 0 saturated carbocycles. The van der Waals surface area contributed by atoms with Gasteiger partial charge in [-0.2, -0.15) is 0 Å². The number of ketones is 1. The Balaban J connectivity index is 2.38. The third kappa shape index (κ3) is 2.80. The van der Waals surface area contributed by atoms with E-state index < -0.39 is 9.05 Å². The highest BCUT2D eigenvalue weighted by molar-refractivity contribution is 8.15. The van der Waals surface area contributed by atoms with Gasteiger partial charge in [-0.25, -0.2) is 8.42 Å². The second-order valence-corrected chi connectivity index (χ2v) is 7.49. The van der Waals surface area contributed by atoms with Crippen molar-refractivity contribution in [2.75, 3.05) is 0 Å². The Labute approximate surface area is 113 Å². The Morgan fingerprint density at radius 1 is 1.22 bits per heavy atom. The highest BCUT2D eigenvalue weighted by Crippen LogP contribution is 2.25. The molecule has 0 fully saturated rings. The van der Waals surface area contributed by atoms with Gasteiger partial charge in [-0.1, -0.05) is 23.8 Å².